The molecule has 74 valence electrons. The van der Waals surface area contributed by atoms with Crippen LogP contribution in [0.25, 0.3) is 0 Å². The van der Waals surface area contributed by atoms with Crippen molar-refractivity contribution in [3.63, 3.8) is 0 Å². The largest absolute Gasteiger partial charge is 0.481 e. The average Bonchev–Trinajstić information content (AvgIpc) is 2.43. The SMILES string of the molecule is [NH3+]CC1(CC(=O)O)CC2CCCC21. The molecule has 3 unspecified atom stereocenters. The number of quaternary nitrogens is 1. The molecule has 0 radical (unpaired) electrons. The van der Waals surface area contributed by atoms with E-state index in [2.05, 4.69) is 5.73 Å². The molecule has 0 aromatic rings. The van der Waals surface area contributed by atoms with Gasteiger partial charge in [-0.2, -0.15) is 0 Å². The molecule has 2 rings (SSSR count). The molecule has 4 N–H and O–H groups in total. The third kappa shape index (κ3) is 1.26. The first-order chi connectivity index (χ1) is 6.18. The Morgan fingerprint density at radius 1 is 1.54 bits per heavy atom. The highest BCUT2D eigenvalue weighted by Gasteiger charge is 2.56. The number of rotatable bonds is 3. The van der Waals surface area contributed by atoms with E-state index in [4.69, 9.17) is 5.11 Å². The van der Waals surface area contributed by atoms with Gasteiger partial charge in [-0.3, -0.25) is 4.79 Å². The van der Waals surface area contributed by atoms with E-state index in [1.54, 1.807) is 0 Å². The van der Waals surface area contributed by atoms with Crippen LogP contribution >= 0.6 is 0 Å². The van der Waals surface area contributed by atoms with Gasteiger partial charge in [-0.1, -0.05) is 12.8 Å². The zero-order chi connectivity index (χ0) is 9.47. The molecule has 0 spiro atoms. The van der Waals surface area contributed by atoms with Crippen LogP contribution < -0.4 is 5.73 Å². The van der Waals surface area contributed by atoms with Gasteiger partial charge in [0.15, 0.2) is 0 Å². The highest BCUT2D eigenvalue weighted by Crippen LogP contribution is 2.60. The number of carboxylic acid groups (broad SMARTS) is 1. The van der Waals surface area contributed by atoms with Crippen LogP contribution in [0.15, 0.2) is 0 Å². The minimum absolute atomic E-state index is 0.0764. The van der Waals surface area contributed by atoms with Crippen molar-refractivity contribution in [2.24, 2.45) is 17.3 Å². The number of carbonyl (C=O) groups is 1. The van der Waals surface area contributed by atoms with E-state index < -0.39 is 5.97 Å². The molecule has 2 aliphatic carbocycles. The number of fused-ring (bicyclic) bond motifs is 1. The summed E-state index contributed by atoms with van der Waals surface area (Å²) in [5, 5.41) is 8.84. The second-order valence-corrected chi connectivity index (χ2v) is 4.68. The lowest BCUT2D eigenvalue weighted by Crippen LogP contribution is -2.65. The minimum Gasteiger partial charge on any atom is -0.481 e. The van der Waals surface area contributed by atoms with Crippen LogP contribution in [0.5, 0.6) is 0 Å². The van der Waals surface area contributed by atoms with E-state index in [1.165, 1.54) is 19.3 Å². The van der Waals surface area contributed by atoms with Crippen molar-refractivity contribution in [2.45, 2.75) is 32.1 Å². The second-order valence-electron chi connectivity index (χ2n) is 4.68. The number of hydrogen-bond acceptors (Lipinski definition) is 1. The van der Waals surface area contributed by atoms with Crippen molar-refractivity contribution in [1.29, 1.82) is 0 Å². The smallest absolute Gasteiger partial charge is 0.304 e. The lowest BCUT2D eigenvalue weighted by Gasteiger charge is -2.50. The molecule has 3 nitrogen and oxygen atoms in total. The Bertz CT molecular complexity index is 229. The van der Waals surface area contributed by atoms with Crippen LogP contribution in [0.2, 0.25) is 0 Å². The molecule has 2 aliphatic rings. The second kappa shape index (κ2) is 2.98. The Labute approximate surface area is 78.3 Å². The fourth-order valence-electron chi connectivity index (χ4n) is 3.48. The zero-order valence-corrected chi connectivity index (χ0v) is 7.96. The predicted octanol–water partition coefficient (Wildman–Crippen LogP) is 0.509. The fraction of sp³-hybridized carbons (Fsp3) is 0.900. The van der Waals surface area contributed by atoms with Crippen molar-refractivity contribution in [3.8, 4) is 0 Å². The summed E-state index contributed by atoms with van der Waals surface area (Å²) >= 11 is 0. The van der Waals surface area contributed by atoms with Crippen molar-refractivity contribution in [2.75, 3.05) is 6.54 Å². The maximum Gasteiger partial charge on any atom is 0.304 e. The summed E-state index contributed by atoms with van der Waals surface area (Å²) in [4.78, 5) is 10.7. The maximum atomic E-state index is 10.7. The monoisotopic (exact) mass is 184 g/mol. The van der Waals surface area contributed by atoms with Gasteiger partial charge in [0.25, 0.3) is 0 Å². The van der Waals surface area contributed by atoms with E-state index >= 15 is 0 Å². The molecule has 0 amide bonds. The maximum absolute atomic E-state index is 10.7. The highest BCUT2D eigenvalue weighted by molar-refractivity contribution is 5.68. The van der Waals surface area contributed by atoms with Crippen molar-refractivity contribution in [1.82, 2.24) is 0 Å². The molecular formula is C10H18NO2+. The van der Waals surface area contributed by atoms with Crippen LogP contribution in [0, 0.1) is 17.3 Å². The first kappa shape index (κ1) is 9.00. The number of carboxylic acids is 1. The van der Waals surface area contributed by atoms with E-state index in [-0.39, 0.29) is 5.41 Å². The molecule has 0 aromatic heterocycles. The summed E-state index contributed by atoms with van der Waals surface area (Å²) in [5.74, 6) is 0.871. The van der Waals surface area contributed by atoms with Gasteiger partial charge < -0.3 is 10.8 Å². The molecular weight excluding hydrogens is 166 g/mol. The topological polar surface area (TPSA) is 64.9 Å². The first-order valence-electron chi connectivity index (χ1n) is 5.19. The van der Waals surface area contributed by atoms with E-state index in [1.807, 2.05) is 0 Å². The van der Waals surface area contributed by atoms with Crippen molar-refractivity contribution in [3.05, 3.63) is 0 Å². The molecule has 3 heteroatoms. The standard InChI is InChI=1S/C10H17NO2/c11-6-10(5-9(12)13)4-7-2-1-3-8(7)10/h7-8H,1-6,11H2,(H,12,13)/p+1. The Kier molecular flexibility index (Phi) is 2.06. The van der Waals surface area contributed by atoms with Gasteiger partial charge in [0.2, 0.25) is 0 Å². The van der Waals surface area contributed by atoms with E-state index in [0.29, 0.717) is 12.3 Å². The third-order valence-corrected chi connectivity index (χ3v) is 4.12. The van der Waals surface area contributed by atoms with Gasteiger partial charge in [-0.05, 0) is 24.7 Å². The summed E-state index contributed by atoms with van der Waals surface area (Å²) in [6.45, 7) is 0.806. The van der Waals surface area contributed by atoms with Gasteiger partial charge in [0.05, 0.1) is 13.0 Å². The molecule has 0 bridgehead atoms. The minimum atomic E-state index is -0.644. The van der Waals surface area contributed by atoms with Crippen LogP contribution in [-0.2, 0) is 4.79 Å². The summed E-state index contributed by atoms with van der Waals surface area (Å²) in [5.41, 5.74) is 4.01. The molecule has 2 saturated carbocycles. The molecule has 0 saturated heterocycles. The van der Waals surface area contributed by atoms with Gasteiger partial charge in [-0.25, -0.2) is 0 Å². The van der Waals surface area contributed by atoms with E-state index in [9.17, 15) is 4.79 Å². The molecule has 0 aromatic carbocycles. The molecule has 0 aliphatic heterocycles. The van der Waals surface area contributed by atoms with Crippen LogP contribution in [-0.4, -0.2) is 17.6 Å². The molecule has 13 heavy (non-hydrogen) atoms. The molecule has 2 fully saturated rings. The lowest BCUT2D eigenvalue weighted by atomic mass is 9.53. The Balaban J connectivity index is 2.05. The summed E-state index contributed by atoms with van der Waals surface area (Å²) in [7, 11) is 0. The van der Waals surface area contributed by atoms with Crippen LogP contribution in [0.1, 0.15) is 32.1 Å². The van der Waals surface area contributed by atoms with Crippen molar-refractivity contribution >= 4 is 5.97 Å². The van der Waals surface area contributed by atoms with Gasteiger partial charge in [0.1, 0.15) is 0 Å². The lowest BCUT2D eigenvalue weighted by molar-refractivity contribution is -0.408. The zero-order valence-electron chi connectivity index (χ0n) is 7.96. The van der Waals surface area contributed by atoms with Crippen LogP contribution in [0.3, 0.4) is 0 Å². The Morgan fingerprint density at radius 3 is 2.85 bits per heavy atom. The summed E-state index contributed by atoms with van der Waals surface area (Å²) < 4.78 is 0. The molecule has 0 heterocycles. The highest BCUT2D eigenvalue weighted by atomic mass is 16.4. The first-order valence-corrected chi connectivity index (χ1v) is 5.19. The normalized spacial score (nSPS) is 42.5. The fourth-order valence-corrected chi connectivity index (χ4v) is 3.48. The number of hydrogen-bond donors (Lipinski definition) is 2. The van der Waals surface area contributed by atoms with Gasteiger partial charge in [0, 0.05) is 5.41 Å². The van der Waals surface area contributed by atoms with Gasteiger partial charge in [-0.15, -0.1) is 0 Å². The predicted molar refractivity (Wildman–Crippen MR) is 47.9 cm³/mol. The number of aliphatic carboxylic acids is 1. The summed E-state index contributed by atoms with van der Waals surface area (Å²) in [6.07, 6.45) is 5.33. The quantitative estimate of drug-likeness (QED) is 0.671. The average molecular weight is 184 g/mol. The Hall–Kier alpha value is -0.570. The van der Waals surface area contributed by atoms with E-state index in [0.717, 1.165) is 18.9 Å². The Morgan fingerprint density at radius 2 is 2.31 bits per heavy atom. The molecule has 3 atom stereocenters. The van der Waals surface area contributed by atoms with Gasteiger partial charge >= 0.3 is 5.97 Å². The van der Waals surface area contributed by atoms with Crippen molar-refractivity contribution < 1.29 is 15.6 Å². The summed E-state index contributed by atoms with van der Waals surface area (Å²) in [6, 6.07) is 0. The third-order valence-electron chi connectivity index (χ3n) is 4.12. The van der Waals surface area contributed by atoms with Crippen LogP contribution in [0.4, 0.5) is 0 Å².